The summed E-state index contributed by atoms with van der Waals surface area (Å²) in [5.74, 6) is 0.929. The SMILES string of the molecule is CC(C)NC(=O)C1CCCN(c2ccc(-c3cc(-c4cnn(C)c4)cn4ncc(C#N)c34)cn2)C1. The third kappa shape index (κ3) is 4.47. The molecule has 5 heterocycles. The molecule has 0 aliphatic carbocycles. The van der Waals surface area contributed by atoms with Gasteiger partial charge in [-0.25, -0.2) is 9.50 Å². The van der Waals surface area contributed by atoms with Gasteiger partial charge in [0.1, 0.15) is 11.9 Å². The van der Waals surface area contributed by atoms with E-state index in [4.69, 9.17) is 4.98 Å². The number of aryl methyl sites for hydroxylation is 1. The first-order valence-electron chi connectivity index (χ1n) is 11.8. The van der Waals surface area contributed by atoms with Crippen molar-refractivity contribution in [2.75, 3.05) is 18.0 Å². The van der Waals surface area contributed by atoms with Crippen LogP contribution in [0.2, 0.25) is 0 Å². The van der Waals surface area contributed by atoms with Gasteiger partial charge in [0.05, 0.1) is 29.4 Å². The zero-order chi connectivity index (χ0) is 24.5. The Labute approximate surface area is 204 Å². The average Bonchev–Trinajstić information content (AvgIpc) is 3.49. The maximum atomic E-state index is 12.5. The third-order valence-corrected chi connectivity index (χ3v) is 6.38. The Bertz CT molecular complexity index is 1410. The average molecular weight is 469 g/mol. The number of anilines is 1. The molecule has 1 unspecified atom stereocenters. The summed E-state index contributed by atoms with van der Waals surface area (Å²) in [7, 11) is 1.88. The number of carbonyl (C=O) groups excluding carboxylic acids is 1. The number of piperidine rings is 1. The predicted octanol–water partition coefficient (Wildman–Crippen LogP) is 3.41. The van der Waals surface area contributed by atoms with E-state index in [1.54, 1.807) is 15.4 Å². The molecule has 0 aromatic carbocycles. The highest BCUT2D eigenvalue weighted by Gasteiger charge is 2.27. The zero-order valence-electron chi connectivity index (χ0n) is 20.1. The van der Waals surface area contributed by atoms with E-state index in [9.17, 15) is 10.1 Å². The van der Waals surface area contributed by atoms with Crippen LogP contribution in [0, 0.1) is 17.2 Å². The second kappa shape index (κ2) is 9.22. The summed E-state index contributed by atoms with van der Waals surface area (Å²) >= 11 is 0. The van der Waals surface area contributed by atoms with Crippen LogP contribution in [0.1, 0.15) is 32.3 Å². The van der Waals surface area contributed by atoms with E-state index in [1.165, 1.54) is 0 Å². The molecule has 9 nitrogen and oxygen atoms in total. The normalized spacial score (nSPS) is 16.0. The highest BCUT2D eigenvalue weighted by Crippen LogP contribution is 2.32. The van der Waals surface area contributed by atoms with Gasteiger partial charge in [0.25, 0.3) is 0 Å². The van der Waals surface area contributed by atoms with Crippen molar-refractivity contribution in [1.82, 2.24) is 29.7 Å². The van der Waals surface area contributed by atoms with E-state index in [0.717, 1.165) is 53.0 Å². The molecule has 0 bridgehead atoms. The lowest BCUT2D eigenvalue weighted by Crippen LogP contribution is -2.45. The molecule has 4 aromatic heterocycles. The number of hydrogen-bond acceptors (Lipinski definition) is 6. The molecule has 0 saturated carbocycles. The summed E-state index contributed by atoms with van der Waals surface area (Å²) in [6, 6.07) is 8.46. The lowest BCUT2D eigenvalue weighted by molar-refractivity contribution is -0.125. The molecule has 35 heavy (non-hydrogen) atoms. The number of fused-ring (bicyclic) bond motifs is 1. The number of amides is 1. The monoisotopic (exact) mass is 468 g/mol. The van der Waals surface area contributed by atoms with Crippen LogP contribution in [0.15, 0.2) is 49.2 Å². The topological polar surface area (TPSA) is 104 Å². The third-order valence-electron chi connectivity index (χ3n) is 6.38. The first kappa shape index (κ1) is 22.6. The summed E-state index contributed by atoms with van der Waals surface area (Å²) in [6.07, 6.45) is 10.9. The van der Waals surface area contributed by atoms with E-state index in [1.807, 2.05) is 57.8 Å². The molecule has 1 amide bonds. The lowest BCUT2D eigenvalue weighted by Gasteiger charge is -2.33. The van der Waals surface area contributed by atoms with E-state index in [-0.39, 0.29) is 17.9 Å². The molecule has 178 valence electrons. The molecule has 1 fully saturated rings. The molecular weight excluding hydrogens is 440 g/mol. The molecule has 9 heteroatoms. The Balaban J connectivity index is 1.47. The first-order valence-corrected chi connectivity index (χ1v) is 11.8. The number of pyridine rings is 2. The van der Waals surface area contributed by atoms with Crippen molar-refractivity contribution in [3.05, 3.63) is 54.7 Å². The second-order valence-electron chi connectivity index (χ2n) is 9.36. The van der Waals surface area contributed by atoms with Gasteiger partial charge in [0.2, 0.25) is 5.91 Å². The van der Waals surface area contributed by atoms with Gasteiger partial charge < -0.3 is 10.2 Å². The fourth-order valence-electron chi connectivity index (χ4n) is 4.69. The Morgan fingerprint density at radius 2 is 2.00 bits per heavy atom. The van der Waals surface area contributed by atoms with Gasteiger partial charge in [0.15, 0.2) is 0 Å². The van der Waals surface area contributed by atoms with Crippen molar-refractivity contribution >= 4 is 17.2 Å². The summed E-state index contributed by atoms with van der Waals surface area (Å²) < 4.78 is 3.50. The van der Waals surface area contributed by atoms with Crippen molar-refractivity contribution in [2.45, 2.75) is 32.7 Å². The molecule has 1 aliphatic heterocycles. The van der Waals surface area contributed by atoms with Crippen molar-refractivity contribution in [3.8, 4) is 28.3 Å². The minimum Gasteiger partial charge on any atom is -0.356 e. The summed E-state index contributed by atoms with van der Waals surface area (Å²) in [5, 5.41) is 21.4. The van der Waals surface area contributed by atoms with Crippen molar-refractivity contribution in [3.63, 3.8) is 0 Å². The van der Waals surface area contributed by atoms with Crippen LogP contribution < -0.4 is 10.2 Å². The van der Waals surface area contributed by atoms with Crippen LogP contribution in [-0.4, -0.2) is 49.4 Å². The maximum absolute atomic E-state index is 12.5. The minimum absolute atomic E-state index is 0.0339. The van der Waals surface area contributed by atoms with Crippen molar-refractivity contribution < 1.29 is 4.79 Å². The van der Waals surface area contributed by atoms with E-state index < -0.39 is 0 Å². The van der Waals surface area contributed by atoms with Gasteiger partial charge in [-0.15, -0.1) is 0 Å². The van der Waals surface area contributed by atoms with Gasteiger partial charge in [0, 0.05) is 67.0 Å². The Morgan fingerprint density at radius 1 is 1.14 bits per heavy atom. The molecule has 0 radical (unpaired) electrons. The Morgan fingerprint density at radius 3 is 2.69 bits per heavy atom. The number of hydrogen-bond donors (Lipinski definition) is 1. The fraction of sp³-hybridized carbons (Fsp3) is 0.346. The summed E-state index contributed by atoms with van der Waals surface area (Å²) in [6.45, 7) is 5.50. The summed E-state index contributed by atoms with van der Waals surface area (Å²) in [5.41, 5.74) is 4.95. The number of nitriles is 1. The standard InChI is InChI=1S/C26H28N8O/c1-17(2)31-26(35)19-5-4-8-33(15-19)24-7-6-18(11-28-24)23-9-20(22-13-29-32(3)14-22)16-34-25(23)21(10-27)12-30-34/h6-7,9,11-14,16-17,19H,4-5,8,15H2,1-3H3,(H,31,35). The number of nitrogens with zero attached hydrogens (tertiary/aromatic N) is 7. The quantitative estimate of drug-likeness (QED) is 0.481. The van der Waals surface area contributed by atoms with E-state index in [2.05, 4.69) is 32.5 Å². The number of aromatic nitrogens is 5. The van der Waals surface area contributed by atoms with Gasteiger partial charge in [-0.2, -0.15) is 15.5 Å². The van der Waals surface area contributed by atoms with E-state index >= 15 is 0 Å². The van der Waals surface area contributed by atoms with Crippen LogP contribution in [0.4, 0.5) is 5.82 Å². The van der Waals surface area contributed by atoms with Crippen LogP contribution in [-0.2, 0) is 11.8 Å². The second-order valence-corrected chi connectivity index (χ2v) is 9.36. The predicted molar refractivity (Wildman–Crippen MR) is 134 cm³/mol. The smallest absolute Gasteiger partial charge is 0.225 e. The number of carbonyl (C=O) groups is 1. The number of rotatable bonds is 5. The minimum atomic E-state index is -0.0339. The molecule has 1 saturated heterocycles. The van der Waals surface area contributed by atoms with Crippen molar-refractivity contribution in [1.29, 1.82) is 5.26 Å². The highest BCUT2D eigenvalue weighted by atomic mass is 16.2. The molecule has 1 N–H and O–H groups in total. The molecule has 1 aliphatic rings. The zero-order valence-corrected chi connectivity index (χ0v) is 20.1. The van der Waals surface area contributed by atoms with Gasteiger partial charge in [-0.3, -0.25) is 9.48 Å². The Hall–Kier alpha value is -4.19. The highest BCUT2D eigenvalue weighted by molar-refractivity contribution is 5.87. The van der Waals surface area contributed by atoms with E-state index in [0.29, 0.717) is 12.1 Å². The molecule has 5 rings (SSSR count). The van der Waals surface area contributed by atoms with Crippen LogP contribution in [0.25, 0.3) is 27.8 Å². The largest absolute Gasteiger partial charge is 0.356 e. The van der Waals surface area contributed by atoms with Gasteiger partial charge in [-0.05, 0) is 44.9 Å². The maximum Gasteiger partial charge on any atom is 0.225 e. The molecule has 1 atom stereocenters. The lowest BCUT2D eigenvalue weighted by atomic mass is 9.96. The van der Waals surface area contributed by atoms with Crippen molar-refractivity contribution in [2.24, 2.45) is 13.0 Å². The van der Waals surface area contributed by atoms with Crippen LogP contribution >= 0.6 is 0 Å². The van der Waals surface area contributed by atoms with Crippen LogP contribution in [0.3, 0.4) is 0 Å². The van der Waals surface area contributed by atoms with Crippen LogP contribution in [0.5, 0.6) is 0 Å². The van der Waals surface area contributed by atoms with Gasteiger partial charge >= 0.3 is 0 Å². The summed E-state index contributed by atoms with van der Waals surface area (Å²) in [4.78, 5) is 19.5. The molecular formula is C26H28N8O. The molecule has 0 spiro atoms. The van der Waals surface area contributed by atoms with Gasteiger partial charge in [-0.1, -0.05) is 0 Å². The molecule has 4 aromatic rings. The Kier molecular flexibility index (Phi) is 5.95. The number of nitrogens with one attached hydrogen (secondary N) is 1. The first-order chi connectivity index (χ1) is 16.9. The fourth-order valence-corrected chi connectivity index (χ4v) is 4.69.